The molecule has 0 aliphatic heterocycles. The van der Waals surface area contributed by atoms with Crippen LogP contribution in [0.25, 0.3) is 11.4 Å². The second kappa shape index (κ2) is 22.9. The van der Waals surface area contributed by atoms with E-state index in [0.717, 1.165) is 35.3 Å². The number of unbranched alkanes of at least 4 members (excludes halogenated alkanes) is 1. The van der Waals surface area contributed by atoms with Gasteiger partial charge in [-0.1, -0.05) is 32.4 Å². The van der Waals surface area contributed by atoms with Gasteiger partial charge in [-0.15, -0.1) is 0 Å². The van der Waals surface area contributed by atoms with Crippen molar-refractivity contribution in [3.63, 3.8) is 0 Å². The van der Waals surface area contributed by atoms with E-state index in [0.29, 0.717) is 48.5 Å². The first-order valence-corrected chi connectivity index (χ1v) is 24.7. The number of nitrogens with two attached hydrogens (primary N) is 1. The van der Waals surface area contributed by atoms with Crippen LogP contribution in [0.2, 0.25) is 15.7 Å². The van der Waals surface area contributed by atoms with E-state index in [1.54, 1.807) is 60.7 Å². The van der Waals surface area contributed by atoms with Crippen molar-refractivity contribution in [1.82, 2.24) is 39.5 Å². The first-order chi connectivity index (χ1) is 26.2. The molecule has 13 nitrogen and oxygen atoms in total. The Kier molecular flexibility index (Phi) is 20.1. The highest BCUT2D eigenvalue weighted by atomic mass is 79.9. The van der Waals surface area contributed by atoms with E-state index in [-0.39, 0.29) is 18.0 Å². The Morgan fingerprint density at radius 2 is 1.26 bits per heavy atom. The molecule has 0 atom stereocenters. The number of nitrogens with one attached hydrogen (secondary N) is 1. The van der Waals surface area contributed by atoms with Crippen LogP contribution in [0, 0.1) is 13.8 Å². The Morgan fingerprint density at radius 3 is 1.68 bits per heavy atom. The lowest BCUT2D eigenvalue weighted by molar-refractivity contribution is 0.287. The van der Waals surface area contributed by atoms with E-state index in [1.807, 2.05) is 56.6 Å². The fraction of sp³-hybridized carbons (Fsp3) is 0.297. The number of halogens is 5. The fourth-order valence-corrected chi connectivity index (χ4v) is 7.72. The number of anilines is 3. The van der Waals surface area contributed by atoms with Crippen molar-refractivity contribution >= 4 is 109 Å². The minimum Gasteiger partial charge on any atom is -0.398 e. The van der Waals surface area contributed by atoms with E-state index >= 15 is 0 Å². The summed E-state index contributed by atoms with van der Waals surface area (Å²) in [6.07, 6.45) is 12.5. The summed E-state index contributed by atoms with van der Waals surface area (Å²) >= 11 is 23.3. The fourth-order valence-electron chi connectivity index (χ4n) is 4.51. The second-order valence-electron chi connectivity index (χ2n) is 12.9. The molecule has 0 saturated heterocycles. The van der Waals surface area contributed by atoms with Gasteiger partial charge >= 0.3 is 0 Å². The van der Waals surface area contributed by atoms with Crippen molar-refractivity contribution in [3.8, 4) is 11.4 Å². The van der Waals surface area contributed by atoms with Crippen molar-refractivity contribution in [2.24, 2.45) is 0 Å². The molecule has 4 N–H and O–H groups in total. The van der Waals surface area contributed by atoms with Crippen molar-refractivity contribution < 1.29 is 14.2 Å². The summed E-state index contributed by atoms with van der Waals surface area (Å²) in [5.74, 6) is 0.511. The molecular weight excluding hydrogens is 961 g/mol. The summed E-state index contributed by atoms with van der Waals surface area (Å²) in [6, 6.07) is 11.2. The molecule has 0 radical (unpaired) electrons. The summed E-state index contributed by atoms with van der Waals surface area (Å²) in [4.78, 5) is 15.4. The van der Waals surface area contributed by atoms with Crippen LogP contribution in [0.3, 0.4) is 0 Å². The van der Waals surface area contributed by atoms with Gasteiger partial charge in [0.25, 0.3) is 0 Å². The van der Waals surface area contributed by atoms with Gasteiger partial charge < -0.3 is 25.3 Å². The van der Waals surface area contributed by atoms with Gasteiger partial charge in [0, 0.05) is 47.7 Å². The van der Waals surface area contributed by atoms with E-state index in [2.05, 4.69) is 74.2 Å². The number of nitrogens with zero attached hydrogens (tertiary/aromatic N) is 8. The van der Waals surface area contributed by atoms with Crippen molar-refractivity contribution in [2.75, 3.05) is 44.3 Å². The average Bonchev–Trinajstić information content (AvgIpc) is 3.77. The van der Waals surface area contributed by atoms with Gasteiger partial charge in [-0.2, -0.15) is 15.2 Å². The molecule has 20 heteroatoms. The summed E-state index contributed by atoms with van der Waals surface area (Å²) in [5.41, 5.74) is 11.0. The van der Waals surface area contributed by atoms with Gasteiger partial charge in [-0.3, -0.25) is 0 Å². The predicted molar refractivity (Wildman–Crippen MR) is 246 cm³/mol. The normalized spacial score (nSPS) is 10.8. The zero-order valence-corrected chi connectivity index (χ0v) is 39.0. The van der Waals surface area contributed by atoms with Crippen molar-refractivity contribution in [2.45, 2.75) is 41.0 Å². The lowest BCUT2D eigenvalue weighted by atomic mass is 10.2. The summed E-state index contributed by atoms with van der Waals surface area (Å²) in [5, 5.41) is 21.8. The molecular formula is C37H47Br2Cl3N10O3P2. The van der Waals surface area contributed by atoms with E-state index < -0.39 is 14.3 Å². The molecule has 0 fully saturated rings. The Morgan fingerprint density at radius 1 is 0.772 bits per heavy atom. The minimum absolute atomic E-state index is 0. The van der Waals surface area contributed by atoms with Crippen LogP contribution in [0.5, 0.6) is 0 Å². The lowest BCUT2D eigenvalue weighted by Gasteiger charge is -2.17. The van der Waals surface area contributed by atoms with Crippen LogP contribution in [0.4, 0.5) is 17.2 Å². The predicted octanol–water partition coefficient (Wildman–Crippen LogP) is 10.3. The van der Waals surface area contributed by atoms with Gasteiger partial charge in [0.1, 0.15) is 25.3 Å². The summed E-state index contributed by atoms with van der Waals surface area (Å²) in [6.45, 7) is 13.2. The molecule has 0 aliphatic carbocycles. The molecule has 0 spiro atoms. The topological polar surface area (TPSA) is 180 Å². The maximum Gasteiger partial charge on any atom is 0.224 e. The molecule has 308 valence electrons. The highest BCUT2D eigenvalue weighted by molar-refractivity contribution is 9.11. The second-order valence-corrected chi connectivity index (χ2v) is 22.0. The number of aryl methyl sites for hydroxylation is 2. The Hall–Kier alpha value is -3.13. The van der Waals surface area contributed by atoms with E-state index in [4.69, 9.17) is 45.6 Å². The average molecular weight is 1010 g/mol. The quantitative estimate of drug-likeness (QED) is 0.0572. The largest absolute Gasteiger partial charge is 0.398 e. The number of benzene rings is 2. The third-order valence-corrected chi connectivity index (χ3v) is 12.4. The first-order valence-electron chi connectivity index (χ1n) is 16.8. The number of rotatable bonds is 8. The molecule has 0 amide bonds. The number of nitrogen functional groups attached to an aromatic ring is 1. The molecule has 4 aromatic heterocycles. The maximum absolute atomic E-state index is 12.8. The standard InChI is InChI=1S/C16H16BrClN5OP.C12H16N3OP.C4HBrCl2N2.C4H10O.CH4/c1-10-7-20-23(9-10)11-4-5-13(14(6-11)25(2,3)24)21-15-12(17)8-19-16(18)22-15;1-9-7-14-15(8-9)10-4-5-11(13)12(6-10)17(2,3)16;5-2-1-8-4(7)9-3(2)6;1-2-3-4-5;/h4-9H,1-3H3,(H,19,21,22);4-8H,13H2,1-3H3;1H;5H,2-4H2,1H3;1H4. The molecule has 0 aliphatic rings. The van der Waals surface area contributed by atoms with Gasteiger partial charge in [0.15, 0.2) is 0 Å². The van der Waals surface area contributed by atoms with Gasteiger partial charge in [0.2, 0.25) is 10.6 Å². The molecule has 2 aromatic carbocycles. The zero-order valence-electron chi connectivity index (χ0n) is 31.8. The van der Waals surface area contributed by atoms with Crippen LogP contribution in [-0.2, 0) is 9.13 Å². The van der Waals surface area contributed by atoms with Crippen LogP contribution in [-0.4, -0.2) is 77.9 Å². The number of aliphatic hydroxyl groups excluding tert-OH is 1. The van der Waals surface area contributed by atoms with Gasteiger partial charge in [0.05, 0.1) is 38.4 Å². The molecule has 57 heavy (non-hydrogen) atoms. The number of aromatic nitrogens is 8. The third kappa shape index (κ3) is 15.9. The van der Waals surface area contributed by atoms with Gasteiger partial charge in [-0.25, -0.2) is 24.3 Å². The lowest BCUT2D eigenvalue weighted by Crippen LogP contribution is -2.12. The van der Waals surface area contributed by atoms with Crippen molar-refractivity contribution in [1.29, 1.82) is 0 Å². The van der Waals surface area contributed by atoms with Crippen molar-refractivity contribution in [3.05, 3.63) is 109 Å². The Bertz CT molecular complexity index is 2330. The number of aliphatic hydroxyl groups is 1. The number of hydrogen-bond acceptors (Lipinski definition) is 11. The van der Waals surface area contributed by atoms with Crippen LogP contribution >= 0.6 is 80.9 Å². The highest BCUT2D eigenvalue weighted by Gasteiger charge is 2.19. The van der Waals surface area contributed by atoms with Crippen LogP contribution in [0.15, 0.2) is 82.5 Å². The molecule has 6 aromatic rings. The van der Waals surface area contributed by atoms with E-state index in [1.165, 1.54) is 6.20 Å². The first kappa shape index (κ1) is 50.0. The molecule has 0 unspecified atom stereocenters. The number of hydrogen-bond donors (Lipinski definition) is 3. The highest BCUT2D eigenvalue weighted by Crippen LogP contribution is 2.40. The SMILES string of the molecule is C.CCCCO.Cc1cnn(-c2ccc(N)c(P(C)(C)=O)c2)c1.Cc1cnn(-c2ccc(Nc3nc(Cl)ncc3Br)c(P(C)(C)=O)c2)c1.Clc1ncc(Br)c(Cl)n1. The van der Waals surface area contributed by atoms with Crippen LogP contribution in [0.1, 0.15) is 38.3 Å². The van der Waals surface area contributed by atoms with E-state index in [9.17, 15) is 9.13 Å². The summed E-state index contributed by atoms with van der Waals surface area (Å²) in [7, 11) is -4.92. The summed E-state index contributed by atoms with van der Waals surface area (Å²) < 4.78 is 29.8. The third-order valence-electron chi connectivity index (χ3n) is 7.26. The van der Waals surface area contributed by atoms with Gasteiger partial charge in [-0.05, 0) is 150 Å². The molecule has 0 bridgehead atoms. The maximum atomic E-state index is 12.8. The Labute approximate surface area is 366 Å². The molecule has 0 saturated carbocycles. The monoisotopic (exact) mass is 1000 g/mol. The zero-order chi connectivity index (χ0) is 41.8. The molecule has 6 rings (SSSR count). The molecule has 4 heterocycles. The Balaban J connectivity index is 0.000000301. The van der Waals surface area contributed by atoms with Crippen LogP contribution < -0.4 is 21.7 Å². The minimum atomic E-state index is -2.56. The smallest absolute Gasteiger partial charge is 0.224 e.